The number of carboxylic acid groups (broad SMARTS) is 1. The van der Waals surface area contributed by atoms with Gasteiger partial charge in [0.05, 0.1) is 19.6 Å². The standard InChI is InChI=1S/C12H17N3O4/c16-11(17)3-7-19-8-6-14-12(18)15-9-10-1-4-13-5-2-10/h1-2,4-5H,3,6-9H2,(H,16,17)(H2,14,15,18). The van der Waals surface area contributed by atoms with Crippen LogP contribution in [0.25, 0.3) is 0 Å². The smallest absolute Gasteiger partial charge is 0.315 e. The van der Waals surface area contributed by atoms with Gasteiger partial charge >= 0.3 is 12.0 Å². The molecule has 0 saturated heterocycles. The van der Waals surface area contributed by atoms with Gasteiger partial charge in [-0.2, -0.15) is 0 Å². The Morgan fingerprint density at radius 2 is 1.95 bits per heavy atom. The van der Waals surface area contributed by atoms with Crippen molar-refractivity contribution in [2.24, 2.45) is 0 Å². The minimum absolute atomic E-state index is 0.0335. The Balaban J connectivity index is 2.01. The summed E-state index contributed by atoms with van der Waals surface area (Å²) in [5.41, 5.74) is 0.961. The molecule has 0 aliphatic carbocycles. The highest BCUT2D eigenvalue weighted by atomic mass is 16.5. The maximum atomic E-state index is 11.4. The third-order valence-corrected chi connectivity index (χ3v) is 2.19. The number of nitrogens with one attached hydrogen (secondary N) is 2. The summed E-state index contributed by atoms with van der Waals surface area (Å²) >= 11 is 0. The van der Waals surface area contributed by atoms with Crippen LogP contribution in [0.1, 0.15) is 12.0 Å². The van der Waals surface area contributed by atoms with Gasteiger partial charge in [0.2, 0.25) is 0 Å². The number of hydrogen-bond donors (Lipinski definition) is 3. The van der Waals surface area contributed by atoms with Gasteiger partial charge in [-0.05, 0) is 17.7 Å². The van der Waals surface area contributed by atoms with E-state index in [1.165, 1.54) is 0 Å². The summed E-state index contributed by atoms with van der Waals surface area (Å²) in [7, 11) is 0. The van der Waals surface area contributed by atoms with Crippen LogP contribution in [0.5, 0.6) is 0 Å². The van der Waals surface area contributed by atoms with Gasteiger partial charge in [0.25, 0.3) is 0 Å². The van der Waals surface area contributed by atoms with Gasteiger partial charge in [-0.3, -0.25) is 9.78 Å². The predicted octanol–water partition coefficient (Wildman–Crippen LogP) is 0.372. The average Bonchev–Trinajstić information content (AvgIpc) is 2.41. The topological polar surface area (TPSA) is 101 Å². The van der Waals surface area contributed by atoms with E-state index in [1.807, 2.05) is 12.1 Å². The summed E-state index contributed by atoms with van der Waals surface area (Å²) in [6, 6.07) is 3.34. The van der Waals surface area contributed by atoms with Crippen molar-refractivity contribution in [3.63, 3.8) is 0 Å². The number of amides is 2. The Bertz CT molecular complexity index is 397. The lowest BCUT2D eigenvalue weighted by molar-refractivity contribution is -0.138. The molecular formula is C12H17N3O4. The normalized spacial score (nSPS) is 9.89. The average molecular weight is 267 g/mol. The van der Waals surface area contributed by atoms with Gasteiger partial charge < -0.3 is 20.5 Å². The predicted molar refractivity (Wildman–Crippen MR) is 67.5 cm³/mol. The molecule has 104 valence electrons. The second-order valence-corrected chi connectivity index (χ2v) is 3.72. The summed E-state index contributed by atoms with van der Waals surface area (Å²) in [5.74, 6) is -0.900. The Morgan fingerprint density at radius 3 is 2.63 bits per heavy atom. The fraction of sp³-hybridized carbons (Fsp3) is 0.417. The fourth-order valence-corrected chi connectivity index (χ4v) is 1.24. The highest BCUT2D eigenvalue weighted by Crippen LogP contribution is 1.94. The second-order valence-electron chi connectivity index (χ2n) is 3.72. The van der Waals surface area contributed by atoms with Crippen molar-refractivity contribution in [3.05, 3.63) is 30.1 Å². The highest BCUT2D eigenvalue weighted by Gasteiger charge is 2.00. The van der Waals surface area contributed by atoms with E-state index in [0.717, 1.165) is 5.56 Å². The van der Waals surface area contributed by atoms with E-state index in [0.29, 0.717) is 13.1 Å². The molecule has 0 saturated carbocycles. The molecule has 0 atom stereocenters. The third kappa shape index (κ3) is 7.72. The summed E-state index contributed by atoms with van der Waals surface area (Å²) < 4.78 is 5.03. The first-order valence-electron chi connectivity index (χ1n) is 5.88. The Kier molecular flexibility index (Phi) is 6.96. The molecular weight excluding hydrogens is 250 g/mol. The fourth-order valence-electron chi connectivity index (χ4n) is 1.24. The molecule has 3 N–H and O–H groups in total. The number of ether oxygens (including phenoxy) is 1. The third-order valence-electron chi connectivity index (χ3n) is 2.19. The number of nitrogens with zero attached hydrogens (tertiary/aromatic N) is 1. The number of carboxylic acids is 1. The lowest BCUT2D eigenvalue weighted by Gasteiger charge is -2.07. The number of hydrogen-bond acceptors (Lipinski definition) is 4. The molecule has 2 amide bonds. The highest BCUT2D eigenvalue weighted by molar-refractivity contribution is 5.73. The van der Waals surface area contributed by atoms with Crippen molar-refractivity contribution in [1.29, 1.82) is 0 Å². The first-order chi connectivity index (χ1) is 9.18. The molecule has 0 aliphatic rings. The zero-order valence-electron chi connectivity index (χ0n) is 10.5. The largest absolute Gasteiger partial charge is 0.481 e. The Labute approximate surface area is 111 Å². The van der Waals surface area contributed by atoms with Crippen LogP contribution in [0.15, 0.2) is 24.5 Å². The van der Waals surface area contributed by atoms with Crippen LogP contribution >= 0.6 is 0 Å². The number of carbonyl (C=O) groups excluding carboxylic acids is 1. The minimum Gasteiger partial charge on any atom is -0.481 e. The molecule has 0 aliphatic heterocycles. The second kappa shape index (κ2) is 8.87. The number of pyridine rings is 1. The molecule has 1 rings (SSSR count). The molecule has 0 aromatic carbocycles. The molecule has 0 bridgehead atoms. The molecule has 0 radical (unpaired) electrons. The summed E-state index contributed by atoms with van der Waals surface area (Å²) in [4.78, 5) is 25.4. The Hall–Kier alpha value is -2.15. The van der Waals surface area contributed by atoms with Crippen LogP contribution in [0.2, 0.25) is 0 Å². The number of aromatic nitrogens is 1. The molecule has 1 aromatic heterocycles. The van der Waals surface area contributed by atoms with Gasteiger partial charge in [0.1, 0.15) is 0 Å². The molecule has 7 nitrogen and oxygen atoms in total. The first kappa shape index (κ1) is 14.9. The van der Waals surface area contributed by atoms with Crippen molar-refractivity contribution in [2.45, 2.75) is 13.0 Å². The van der Waals surface area contributed by atoms with Gasteiger partial charge in [-0.25, -0.2) is 4.79 Å². The van der Waals surface area contributed by atoms with Crippen molar-refractivity contribution in [1.82, 2.24) is 15.6 Å². The zero-order chi connectivity index (χ0) is 13.9. The van der Waals surface area contributed by atoms with Crippen molar-refractivity contribution in [2.75, 3.05) is 19.8 Å². The van der Waals surface area contributed by atoms with E-state index in [4.69, 9.17) is 9.84 Å². The summed E-state index contributed by atoms with van der Waals surface area (Å²) in [5, 5.41) is 13.7. The lowest BCUT2D eigenvalue weighted by atomic mass is 10.3. The van der Waals surface area contributed by atoms with E-state index in [-0.39, 0.29) is 25.7 Å². The summed E-state index contributed by atoms with van der Waals surface area (Å²) in [6.07, 6.45) is 3.28. The van der Waals surface area contributed by atoms with E-state index < -0.39 is 5.97 Å². The van der Waals surface area contributed by atoms with Crippen LogP contribution in [-0.4, -0.2) is 41.8 Å². The first-order valence-corrected chi connectivity index (χ1v) is 5.88. The molecule has 0 fully saturated rings. The van der Waals surface area contributed by atoms with E-state index in [2.05, 4.69) is 15.6 Å². The van der Waals surface area contributed by atoms with Crippen LogP contribution in [0.3, 0.4) is 0 Å². The molecule has 19 heavy (non-hydrogen) atoms. The zero-order valence-corrected chi connectivity index (χ0v) is 10.5. The summed E-state index contributed by atoms with van der Waals surface area (Å²) in [6.45, 7) is 1.20. The number of carbonyl (C=O) groups is 2. The van der Waals surface area contributed by atoms with Crippen molar-refractivity contribution in [3.8, 4) is 0 Å². The number of rotatable bonds is 8. The maximum absolute atomic E-state index is 11.4. The molecule has 7 heteroatoms. The minimum atomic E-state index is -0.900. The van der Waals surface area contributed by atoms with Crippen molar-refractivity contribution >= 4 is 12.0 Å². The molecule has 1 heterocycles. The monoisotopic (exact) mass is 267 g/mol. The van der Waals surface area contributed by atoms with Crippen molar-refractivity contribution < 1.29 is 19.4 Å². The Morgan fingerprint density at radius 1 is 1.21 bits per heavy atom. The van der Waals surface area contributed by atoms with Gasteiger partial charge in [-0.1, -0.05) is 0 Å². The molecule has 0 unspecified atom stereocenters. The van der Waals surface area contributed by atoms with Crippen LogP contribution in [0.4, 0.5) is 4.79 Å². The van der Waals surface area contributed by atoms with Gasteiger partial charge in [0, 0.05) is 25.5 Å². The van der Waals surface area contributed by atoms with Gasteiger partial charge in [0.15, 0.2) is 0 Å². The maximum Gasteiger partial charge on any atom is 0.315 e. The molecule has 0 spiro atoms. The number of aliphatic carboxylic acids is 1. The van der Waals surface area contributed by atoms with Crippen LogP contribution < -0.4 is 10.6 Å². The lowest BCUT2D eigenvalue weighted by Crippen LogP contribution is -2.37. The van der Waals surface area contributed by atoms with E-state index >= 15 is 0 Å². The van der Waals surface area contributed by atoms with E-state index in [1.54, 1.807) is 12.4 Å². The quantitative estimate of drug-likeness (QED) is 0.591. The van der Waals surface area contributed by atoms with E-state index in [9.17, 15) is 9.59 Å². The van der Waals surface area contributed by atoms with Gasteiger partial charge in [-0.15, -0.1) is 0 Å². The SMILES string of the molecule is O=C(O)CCOCCNC(=O)NCc1ccncc1. The molecule has 1 aromatic rings. The van der Waals surface area contributed by atoms with Crippen LogP contribution in [-0.2, 0) is 16.1 Å². The number of urea groups is 1. The van der Waals surface area contributed by atoms with Crippen LogP contribution in [0, 0.1) is 0 Å².